The lowest BCUT2D eigenvalue weighted by atomic mass is 10.3. The van der Waals surface area contributed by atoms with Crippen molar-refractivity contribution in [2.75, 3.05) is 0 Å². The minimum atomic E-state index is -0.199. The number of allylic oxidation sites excluding steroid dienone is 1. The molecule has 0 aromatic heterocycles. The van der Waals surface area contributed by atoms with Crippen LogP contribution in [0.15, 0.2) is 12.3 Å². The highest BCUT2D eigenvalue weighted by Crippen LogP contribution is 1.95. The largest absolute Gasteiger partial charge is 0.344 e. The topological polar surface area (TPSA) is 38.3 Å². The van der Waals surface area contributed by atoms with Crippen molar-refractivity contribution in [3.05, 3.63) is 12.3 Å². The molecular weight excluding hydrogens is 106 g/mol. The van der Waals surface area contributed by atoms with Crippen LogP contribution in [0.5, 0.6) is 0 Å². The average molecular weight is 113 g/mol. The number of hydroxylamine groups is 1. The van der Waals surface area contributed by atoms with Crippen LogP contribution in [0.1, 0.15) is 12.8 Å². The third kappa shape index (κ3) is 1.26. The number of rotatable bonds is 0. The minimum Gasteiger partial charge on any atom is -0.344 e. The molecule has 0 aliphatic carbocycles. The molecule has 1 heterocycles. The third-order valence-electron chi connectivity index (χ3n) is 0.874. The van der Waals surface area contributed by atoms with Gasteiger partial charge in [-0.15, -0.1) is 0 Å². The summed E-state index contributed by atoms with van der Waals surface area (Å²) in [5.41, 5.74) is 2.37. The fraction of sp³-hybridized carbons (Fsp3) is 0.400. The van der Waals surface area contributed by atoms with Crippen molar-refractivity contribution in [2.24, 2.45) is 0 Å². The lowest BCUT2D eigenvalue weighted by Gasteiger charge is -1.94. The van der Waals surface area contributed by atoms with Gasteiger partial charge < -0.3 is 4.84 Å². The van der Waals surface area contributed by atoms with Crippen LogP contribution >= 0.6 is 0 Å². The molecule has 3 heteroatoms. The zero-order chi connectivity index (χ0) is 5.82. The summed E-state index contributed by atoms with van der Waals surface area (Å²) in [6, 6.07) is 0. The Morgan fingerprint density at radius 2 is 2.62 bits per heavy atom. The molecule has 0 aromatic rings. The van der Waals surface area contributed by atoms with Crippen molar-refractivity contribution in [3.8, 4) is 0 Å². The van der Waals surface area contributed by atoms with Crippen LogP contribution in [-0.4, -0.2) is 5.97 Å². The van der Waals surface area contributed by atoms with E-state index in [4.69, 9.17) is 0 Å². The summed E-state index contributed by atoms with van der Waals surface area (Å²) < 4.78 is 0. The molecule has 0 saturated carbocycles. The third-order valence-corrected chi connectivity index (χ3v) is 0.874. The fourth-order valence-corrected chi connectivity index (χ4v) is 0.483. The van der Waals surface area contributed by atoms with E-state index in [1.54, 1.807) is 6.20 Å². The Labute approximate surface area is 47.3 Å². The molecule has 0 unspecified atom stereocenters. The molecule has 8 heavy (non-hydrogen) atoms. The first-order valence-electron chi connectivity index (χ1n) is 2.50. The first kappa shape index (κ1) is 5.15. The van der Waals surface area contributed by atoms with Crippen LogP contribution in [0.2, 0.25) is 0 Å². The molecule has 0 fully saturated rings. The summed E-state index contributed by atoms with van der Waals surface area (Å²) in [5.74, 6) is -0.199. The normalized spacial score (nSPS) is 18.8. The Balaban J connectivity index is 2.39. The Morgan fingerprint density at radius 3 is 3.50 bits per heavy atom. The minimum absolute atomic E-state index is 0.199. The molecule has 0 saturated heterocycles. The summed E-state index contributed by atoms with van der Waals surface area (Å²) in [5, 5.41) is 0. The molecule has 1 aliphatic heterocycles. The smallest absolute Gasteiger partial charge is 0.332 e. The van der Waals surface area contributed by atoms with Gasteiger partial charge in [-0.2, -0.15) is 0 Å². The lowest BCUT2D eigenvalue weighted by Crippen LogP contribution is -2.10. The van der Waals surface area contributed by atoms with Crippen LogP contribution in [0.4, 0.5) is 0 Å². The van der Waals surface area contributed by atoms with Gasteiger partial charge in [0.25, 0.3) is 0 Å². The summed E-state index contributed by atoms with van der Waals surface area (Å²) >= 11 is 0. The second-order valence-corrected chi connectivity index (χ2v) is 1.53. The van der Waals surface area contributed by atoms with Gasteiger partial charge in [0.15, 0.2) is 0 Å². The molecule has 0 spiro atoms. The van der Waals surface area contributed by atoms with Crippen molar-refractivity contribution in [1.82, 2.24) is 5.48 Å². The van der Waals surface area contributed by atoms with Gasteiger partial charge in [0.05, 0.1) is 6.42 Å². The lowest BCUT2D eigenvalue weighted by molar-refractivity contribution is -0.148. The van der Waals surface area contributed by atoms with Crippen molar-refractivity contribution >= 4 is 5.97 Å². The van der Waals surface area contributed by atoms with E-state index in [1.165, 1.54) is 0 Å². The average Bonchev–Trinajstić information content (AvgIpc) is 1.94. The van der Waals surface area contributed by atoms with E-state index < -0.39 is 0 Å². The summed E-state index contributed by atoms with van der Waals surface area (Å²) in [6.45, 7) is 0. The number of carbonyl (C=O) groups is 1. The standard InChI is InChI=1S/C5H7NO2/c7-5-3-1-2-4-6-8-5/h2,4,6H,1,3H2. The Hall–Kier alpha value is -0.990. The zero-order valence-electron chi connectivity index (χ0n) is 4.39. The van der Waals surface area contributed by atoms with Crippen LogP contribution in [0.3, 0.4) is 0 Å². The van der Waals surface area contributed by atoms with E-state index in [0.717, 1.165) is 6.42 Å². The van der Waals surface area contributed by atoms with Crippen LogP contribution in [-0.2, 0) is 9.63 Å². The predicted molar refractivity (Wildman–Crippen MR) is 27.6 cm³/mol. The summed E-state index contributed by atoms with van der Waals surface area (Å²) in [6.07, 6.45) is 4.71. The van der Waals surface area contributed by atoms with Gasteiger partial charge in [-0.1, -0.05) is 6.08 Å². The molecule has 44 valence electrons. The monoisotopic (exact) mass is 113 g/mol. The highest BCUT2D eigenvalue weighted by atomic mass is 16.7. The molecule has 0 bridgehead atoms. The zero-order valence-corrected chi connectivity index (χ0v) is 4.39. The van der Waals surface area contributed by atoms with Gasteiger partial charge in [-0.05, 0) is 6.42 Å². The van der Waals surface area contributed by atoms with E-state index in [0.29, 0.717) is 6.42 Å². The Morgan fingerprint density at radius 1 is 1.75 bits per heavy atom. The second kappa shape index (κ2) is 2.35. The fourth-order valence-electron chi connectivity index (χ4n) is 0.483. The van der Waals surface area contributed by atoms with Gasteiger partial charge in [0, 0.05) is 6.20 Å². The Kier molecular flexibility index (Phi) is 1.51. The highest BCUT2D eigenvalue weighted by Gasteiger charge is 2.01. The highest BCUT2D eigenvalue weighted by molar-refractivity contribution is 5.69. The maximum absolute atomic E-state index is 10.4. The SMILES string of the molecule is O=C1CCC=CNO1. The van der Waals surface area contributed by atoms with Crippen molar-refractivity contribution in [2.45, 2.75) is 12.8 Å². The van der Waals surface area contributed by atoms with E-state index >= 15 is 0 Å². The van der Waals surface area contributed by atoms with Crippen LogP contribution in [0.25, 0.3) is 0 Å². The Bertz CT molecular complexity index is 108. The quantitative estimate of drug-likeness (QED) is 0.492. The van der Waals surface area contributed by atoms with E-state index in [1.807, 2.05) is 6.08 Å². The van der Waals surface area contributed by atoms with Gasteiger partial charge in [0.2, 0.25) is 0 Å². The number of nitrogens with one attached hydrogen (secondary N) is 1. The van der Waals surface area contributed by atoms with Gasteiger partial charge in [-0.25, -0.2) is 10.3 Å². The van der Waals surface area contributed by atoms with Gasteiger partial charge in [0.1, 0.15) is 0 Å². The second-order valence-electron chi connectivity index (χ2n) is 1.53. The molecule has 3 nitrogen and oxygen atoms in total. The maximum atomic E-state index is 10.4. The molecule has 0 aromatic carbocycles. The number of carbonyl (C=O) groups excluding carboxylic acids is 1. The molecule has 0 radical (unpaired) electrons. The number of hydrogen-bond donors (Lipinski definition) is 1. The maximum Gasteiger partial charge on any atom is 0.332 e. The van der Waals surface area contributed by atoms with Gasteiger partial charge >= 0.3 is 5.97 Å². The number of hydrogen-bond acceptors (Lipinski definition) is 3. The van der Waals surface area contributed by atoms with Crippen molar-refractivity contribution in [3.63, 3.8) is 0 Å². The molecule has 1 N–H and O–H groups in total. The molecule has 1 rings (SSSR count). The summed E-state index contributed by atoms with van der Waals surface area (Å²) in [4.78, 5) is 14.8. The van der Waals surface area contributed by atoms with Crippen molar-refractivity contribution in [1.29, 1.82) is 0 Å². The molecular formula is C5H7NO2. The molecule has 1 aliphatic rings. The van der Waals surface area contributed by atoms with E-state index in [-0.39, 0.29) is 5.97 Å². The summed E-state index contributed by atoms with van der Waals surface area (Å²) in [7, 11) is 0. The predicted octanol–water partition coefficient (Wildman–Crippen LogP) is 0.342. The molecule has 0 amide bonds. The van der Waals surface area contributed by atoms with Crippen LogP contribution in [0, 0.1) is 0 Å². The van der Waals surface area contributed by atoms with Crippen molar-refractivity contribution < 1.29 is 9.63 Å². The first-order chi connectivity index (χ1) is 3.89. The van der Waals surface area contributed by atoms with E-state index in [2.05, 4.69) is 10.3 Å². The van der Waals surface area contributed by atoms with E-state index in [9.17, 15) is 4.79 Å². The van der Waals surface area contributed by atoms with Crippen LogP contribution < -0.4 is 5.48 Å². The molecule has 0 atom stereocenters. The first-order valence-corrected chi connectivity index (χ1v) is 2.50. The van der Waals surface area contributed by atoms with Gasteiger partial charge in [-0.3, -0.25) is 0 Å².